The van der Waals surface area contributed by atoms with Crippen LogP contribution in [0.3, 0.4) is 0 Å². The number of hydrogen-bond donors (Lipinski definition) is 1. The molecule has 11 heteroatoms. The lowest BCUT2D eigenvalue weighted by Gasteiger charge is -2.29. The second-order valence-corrected chi connectivity index (χ2v) is 9.37. The minimum Gasteiger partial charge on any atom is -0.482 e. The zero-order chi connectivity index (χ0) is 24.2. The molecular weight excluding hydrogens is 510 g/mol. The van der Waals surface area contributed by atoms with Crippen LogP contribution in [0.15, 0.2) is 48.6 Å². The molecule has 0 spiro atoms. The number of amides is 3. The first-order chi connectivity index (χ1) is 16.2. The van der Waals surface area contributed by atoms with Gasteiger partial charge in [-0.25, -0.2) is 9.29 Å². The number of ether oxygens (including phenoxy) is 2. The zero-order valence-electron chi connectivity index (χ0n) is 17.3. The number of rotatable bonds is 6. The van der Waals surface area contributed by atoms with Crippen molar-refractivity contribution in [1.82, 2.24) is 5.32 Å². The van der Waals surface area contributed by atoms with Crippen molar-refractivity contribution in [3.05, 3.63) is 69.4 Å². The van der Waals surface area contributed by atoms with E-state index in [4.69, 9.17) is 44.3 Å². The summed E-state index contributed by atoms with van der Waals surface area (Å²) in [5.74, 6) is -3.18. The molecule has 2 saturated heterocycles. The van der Waals surface area contributed by atoms with Gasteiger partial charge < -0.3 is 14.8 Å². The van der Waals surface area contributed by atoms with Crippen molar-refractivity contribution >= 4 is 58.2 Å². The minimum absolute atomic E-state index is 0.0469. The molecule has 5 rings (SSSR count). The van der Waals surface area contributed by atoms with Crippen LogP contribution in [0.5, 0.6) is 5.75 Å². The van der Waals surface area contributed by atoms with E-state index in [2.05, 4.69) is 5.32 Å². The predicted molar refractivity (Wildman–Crippen MR) is 123 cm³/mol. The van der Waals surface area contributed by atoms with E-state index >= 15 is 0 Å². The lowest BCUT2D eigenvalue weighted by Crippen LogP contribution is -2.49. The Balaban J connectivity index is 1.27. The molecule has 0 aliphatic carbocycles. The smallest absolute Gasteiger partial charge is 0.258 e. The van der Waals surface area contributed by atoms with Crippen LogP contribution in [-0.4, -0.2) is 42.6 Å². The van der Waals surface area contributed by atoms with Gasteiger partial charge in [-0.2, -0.15) is 0 Å². The number of halogens is 4. The maximum atomic E-state index is 13.3. The molecule has 0 radical (unpaired) electrons. The molecule has 3 aliphatic heterocycles. The summed E-state index contributed by atoms with van der Waals surface area (Å²) in [6.45, 7) is -0.418. The van der Waals surface area contributed by atoms with Gasteiger partial charge in [-0.3, -0.25) is 14.4 Å². The fourth-order valence-corrected chi connectivity index (χ4v) is 5.19. The van der Waals surface area contributed by atoms with Crippen LogP contribution in [0.1, 0.15) is 0 Å². The maximum Gasteiger partial charge on any atom is 0.258 e. The van der Waals surface area contributed by atoms with Crippen LogP contribution in [0.4, 0.5) is 10.1 Å². The predicted octanol–water partition coefficient (Wildman–Crippen LogP) is 3.79. The number of fused-ring (bicyclic) bond motifs is 5. The van der Waals surface area contributed by atoms with Gasteiger partial charge in [0.1, 0.15) is 17.2 Å². The topological polar surface area (TPSA) is 84.9 Å². The highest BCUT2D eigenvalue weighted by Gasteiger charge is 2.67. The third kappa shape index (κ3) is 3.75. The van der Waals surface area contributed by atoms with Crippen molar-refractivity contribution in [2.45, 2.75) is 11.7 Å². The van der Waals surface area contributed by atoms with E-state index in [1.165, 1.54) is 36.4 Å². The number of carbonyl (C=O) groups excluding carboxylic acids is 3. The monoisotopic (exact) mass is 524 g/mol. The summed E-state index contributed by atoms with van der Waals surface area (Å²) < 4.78 is 24.7. The van der Waals surface area contributed by atoms with E-state index < -0.39 is 47.1 Å². The molecule has 2 bridgehead atoms. The van der Waals surface area contributed by atoms with E-state index in [-0.39, 0.29) is 39.7 Å². The molecule has 1 N–H and O–H groups in total. The summed E-state index contributed by atoms with van der Waals surface area (Å²) >= 11 is 17.9. The maximum absolute atomic E-state index is 13.3. The van der Waals surface area contributed by atoms with Gasteiger partial charge in [-0.15, -0.1) is 0 Å². The van der Waals surface area contributed by atoms with E-state index in [1.54, 1.807) is 12.2 Å². The summed E-state index contributed by atoms with van der Waals surface area (Å²) in [7, 11) is 0. The van der Waals surface area contributed by atoms with Crippen molar-refractivity contribution in [3.63, 3.8) is 0 Å². The number of imide groups is 1. The standard InChI is InChI=1S/C23H16Cl3FN2O5/c24-13-7-15(26)17(8-14(13)25)33-9-18(30)28-10-23-6-5-16(34-23)19-20(23)22(32)29(21(19)31)12-3-1-11(27)2-4-12/h1-8,16,19-20H,9-10H2,(H,28,30). The van der Waals surface area contributed by atoms with Crippen LogP contribution in [-0.2, 0) is 19.1 Å². The highest BCUT2D eigenvalue weighted by Crippen LogP contribution is 2.52. The van der Waals surface area contributed by atoms with Gasteiger partial charge in [0.25, 0.3) is 5.91 Å². The van der Waals surface area contributed by atoms with Crippen LogP contribution >= 0.6 is 34.8 Å². The van der Waals surface area contributed by atoms with Crippen molar-refractivity contribution in [1.29, 1.82) is 0 Å². The van der Waals surface area contributed by atoms with Crippen molar-refractivity contribution < 1.29 is 28.2 Å². The highest BCUT2D eigenvalue weighted by atomic mass is 35.5. The molecule has 0 aromatic heterocycles. The Kier molecular flexibility index (Phi) is 5.80. The van der Waals surface area contributed by atoms with E-state index in [1.807, 2.05) is 0 Å². The molecule has 34 heavy (non-hydrogen) atoms. The van der Waals surface area contributed by atoms with Gasteiger partial charge in [0.05, 0.1) is 45.2 Å². The number of nitrogens with one attached hydrogen (secondary N) is 1. The Morgan fingerprint density at radius 3 is 2.53 bits per heavy atom. The Morgan fingerprint density at radius 2 is 1.79 bits per heavy atom. The molecule has 3 amide bonds. The minimum atomic E-state index is -1.17. The summed E-state index contributed by atoms with van der Waals surface area (Å²) in [4.78, 5) is 39.8. The van der Waals surface area contributed by atoms with Crippen molar-refractivity contribution in [2.75, 3.05) is 18.1 Å². The normalized spacial score (nSPS) is 26.8. The highest BCUT2D eigenvalue weighted by molar-refractivity contribution is 6.43. The molecule has 2 aromatic carbocycles. The van der Waals surface area contributed by atoms with Gasteiger partial charge >= 0.3 is 0 Å². The first kappa shape index (κ1) is 23.1. The molecule has 3 heterocycles. The second-order valence-electron chi connectivity index (χ2n) is 8.15. The molecular formula is C23H16Cl3FN2O5. The average Bonchev–Trinajstić information content (AvgIpc) is 3.45. The van der Waals surface area contributed by atoms with Crippen molar-refractivity contribution in [3.8, 4) is 5.75 Å². The Morgan fingerprint density at radius 1 is 1.09 bits per heavy atom. The summed E-state index contributed by atoms with van der Waals surface area (Å²) in [6.07, 6.45) is 2.84. The number of hydrogen-bond acceptors (Lipinski definition) is 5. The van der Waals surface area contributed by atoms with Crippen LogP contribution in [0, 0.1) is 17.7 Å². The summed E-state index contributed by atoms with van der Waals surface area (Å²) in [6, 6.07) is 7.93. The van der Waals surface area contributed by atoms with Crippen LogP contribution in [0.25, 0.3) is 0 Å². The first-order valence-corrected chi connectivity index (χ1v) is 11.4. The lowest BCUT2D eigenvalue weighted by molar-refractivity contribution is -0.129. The quantitative estimate of drug-likeness (QED) is 0.352. The number of benzene rings is 2. The SMILES string of the molecule is O=C(COc1cc(Cl)c(Cl)cc1Cl)NCC12C=CC(O1)C1C(=O)N(c3ccc(F)cc3)C(=O)C12. The van der Waals surface area contributed by atoms with Crippen LogP contribution in [0.2, 0.25) is 15.1 Å². The van der Waals surface area contributed by atoms with Gasteiger partial charge in [0.2, 0.25) is 11.8 Å². The third-order valence-corrected chi connectivity index (χ3v) is 7.15. The summed E-state index contributed by atoms with van der Waals surface area (Å²) in [5, 5.41) is 3.37. The fourth-order valence-electron chi connectivity index (χ4n) is 4.60. The number of nitrogens with zero attached hydrogens (tertiary/aromatic N) is 1. The summed E-state index contributed by atoms with van der Waals surface area (Å²) in [5.41, 5.74) is -0.885. The molecule has 2 fully saturated rings. The van der Waals surface area contributed by atoms with Crippen LogP contribution < -0.4 is 15.0 Å². The first-order valence-electron chi connectivity index (χ1n) is 10.2. The van der Waals surface area contributed by atoms with Gasteiger partial charge in [0.15, 0.2) is 6.61 Å². The van der Waals surface area contributed by atoms with E-state index in [0.717, 1.165) is 4.90 Å². The van der Waals surface area contributed by atoms with Crippen molar-refractivity contribution in [2.24, 2.45) is 11.8 Å². The molecule has 3 aliphatic rings. The molecule has 4 atom stereocenters. The van der Waals surface area contributed by atoms with E-state index in [9.17, 15) is 18.8 Å². The molecule has 176 valence electrons. The Hall–Kier alpha value is -2.65. The number of anilines is 1. The zero-order valence-corrected chi connectivity index (χ0v) is 19.5. The fraction of sp³-hybridized carbons (Fsp3) is 0.261. The third-order valence-electron chi connectivity index (χ3n) is 6.14. The Labute approximate surface area is 208 Å². The second kappa shape index (κ2) is 8.53. The molecule has 2 aromatic rings. The molecule has 0 saturated carbocycles. The van der Waals surface area contributed by atoms with E-state index in [0.29, 0.717) is 0 Å². The Bertz CT molecular complexity index is 1240. The van der Waals surface area contributed by atoms with Gasteiger partial charge in [0, 0.05) is 6.07 Å². The largest absolute Gasteiger partial charge is 0.482 e. The lowest BCUT2D eigenvalue weighted by atomic mass is 9.77. The molecule has 7 nitrogen and oxygen atoms in total. The van der Waals surface area contributed by atoms with Gasteiger partial charge in [-0.1, -0.05) is 47.0 Å². The van der Waals surface area contributed by atoms with Gasteiger partial charge in [-0.05, 0) is 30.3 Å². The number of carbonyl (C=O) groups is 3. The average molecular weight is 526 g/mol. The molecule has 4 unspecified atom stereocenters.